The fraction of sp³-hybridized carbons (Fsp3) is 0.300. The molecule has 2 unspecified atom stereocenters. The van der Waals surface area contributed by atoms with Gasteiger partial charge in [0.25, 0.3) is 11.8 Å². The molecule has 1 aliphatic heterocycles. The molecule has 0 radical (unpaired) electrons. The van der Waals surface area contributed by atoms with E-state index in [-0.39, 0.29) is 23.9 Å². The summed E-state index contributed by atoms with van der Waals surface area (Å²) in [6.07, 6.45) is 0. The molecule has 2 aromatic carbocycles. The van der Waals surface area contributed by atoms with E-state index in [1.807, 2.05) is 23.1 Å². The first-order valence-electron chi connectivity index (χ1n) is 8.57. The van der Waals surface area contributed by atoms with Crippen LogP contribution in [-0.4, -0.2) is 41.9 Å². The van der Waals surface area contributed by atoms with Crippen LogP contribution < -0.4 is 10.6 Å². The second kappa shape index (κ2) is 7.49. The summed E-state index contributed by atoms with van der Waals surface area (Å²) in [5, 5.41) is 6.22. The van der Waals surface area contributed by atoms with Gasteiger partial charge in [0, 0.05) is 42.0 Å². The van der Waals surface area contributed by atoms with Crippen LogP contribution in [0.5, 0.6) is 0 Å². The lowest BCUT2D eigenvalue weighted by Gasteiger charge is -2.38. The molecule has 2 aromatic rings. The molecule has 5 heteroatoms. The number of carbonyl (C=O) groups excluding carboxylic acids is 2. The Morgan fingerprint density at radius 3 is 2.36 bits per heavy atom. The Bertz CT molecular complexity index is 743. The van der Waals surface area contributed by atoms with Crippen molar-refractivity contribution >= 4 is 17.5 Å². The van der Waals surface area contributed by atoms with Gasteiger partial charge in [0.15, 0.2) is 0 Å². The summed E-state index contributed by atoms with van der Waals surface area (Å²) in [6.45, 7) is 5.66. The first kappa shape index (κ1) is 17.2. The zero-order valence-electron chi connectivity index (χ0n) is 14.5. The minimum Gasteiger partial charge on any atom is -0.333 e. The Morgan fingerprint density at radius 1 is 1.00 bits per heavy atom. The van der Waals surface area contributed by atoms with Crippen molar-refractivity contribution in [1.82, 2.24) is 10.2 Å². The van der Waals surface area contributed by atoms with Gasteiger partial charge in [0.2, 0.25) is 0 Å². The average molecular weight is 337 g/mol. The Morgan fingerprint density at radius 2 is 1.68 bits per heavy atom. The molecular formula is C20H23N3O2. The van der Waals surface area contributed by atoms with Crippen molar-refractivity contribution in [3.8, 4) is 0 Å². The van der Waals surface area contributed by atoms with Gasteiger partial charge in [0.1, 0.15) is 0 Å². The summed E-state index contributed by atoms with van der Waals surface area (Å²) in [4.78, 5) is 26.8. The zero-order valence-corrected chi connectivity index (χ0v) is 14.5. The molecule has 130 valence electrons. The Hall–Kier alpha value is -2.66. The number of hydrogen-bond acceptors (Lipinski definition) is 3. The molecule has 1 heterocycles. The molecule has 1 aliphatic rings. The van der Waals surface area contributed by atoms with Gasteiger partial charge in [-0.15, -0.1) is 0 Å². The van der Waals surface area contributed by atoms with Crippen molar-refractivity contribution in [2.24, 2.45) is 0 Å². The maximum absolute atomic E-state index is 12.7. The number of hydrogen-bond donors (Lipinski definition) is 2. The van der Waals surface area contributed by atoms with Crippen LogP contribution in [-0.2, 0) is 0 Å². The van der Waals surface area contributed by atoms with E-state index in [0.717, 1.165) is 6.54 Å². The number of rotatable bonds is 3. The van der Waals surface area contributed by atoms with Crippen LogP contribution >= 0.6 is 0 Å². The van der Waals surface area contributed by atoms with E-state index in [1.54, 1.807) is 36.4 Å². The van der Waals surface area contributed by atoms with E-state index in [1.165, 1.54) is 0 Å². The number of anilines is 1. The van der Waals surface area contributed by atoms with Crippen LogP contribution in [0.25, 0.3) is 0 Å². The monoisotopic (exact) mass is 337 g/mol. The van der Waals surface area contributed by atoms with Crippen molar-refractivity contribution in [2.45, 2.75) is 25.9 Å². The molecule has 1 fully saturated rings. The number of benzene rings is 2. The van der Waals surface area contributed by atoms with Crippen LogP contribution in [0.15, 0.2) is 54.6 Å². The van der Waals surface area contributed by atoms with Gasteiger partial charge in [0.05, 0.1) is 0 Å². The molecule has 5 nitrogen and oxygen atoms in total. The molecule has 1 saturated heterocycles. The van der Waals surface area contributed by atoms with Crippen molar-refractivity contribution < 1.29 is 9.59 Å². The van der Waals surface area contributed by atoms with E-state index in [4.69, 9.17) is 0 Å². The molecule has 0 saturated carbocycles. The van der Waals surface area contributed by atoms with Crippen molar-refractivity contribution in [2.75, 3.05) is 18.4 Å². The second-order valence-electron chi connectivity index (χ2n) is 6.38. The third-order valence-corrected chi connectivity index (χ3v) is 4.72. The number of nitrogens with zero attached hydrogens (tertiary/aromatic N) is 1. The predicted molar refractivity (Wildman–Crippen MR) is 98.8 cm³/mol. The molecule has 2 atom stereocenters. The maximum atomic E-state index is 12.7. The Balaban J connectivity index is 1.68. The predicted octanol–water partition coefficient (Wildman–Crippen LogP) is 2.76. The number of piperazine rings is 1. The third kappa shape index (κ3) is 3.88. The van der Waals surface area contributed by atoms with Gasteiger partial charge in [-0.1, -0.05) is 18.2 Å². The molecule has 0 bridgehead atoms. The lowest BCUT2D eigenvalue weighted by molar-refractivity contribution is 0.0603. The molecule has 0 aliphatic carbocycles. The van der Waals surface area contributed by atoms with Gasteiger partial charge < -0.3 is 15.5 Å². The summed E-state index contributed by atoms with van der Waals surface area (Å²) < 4.78 is 0. The van der Waals surface area contributed by atoms with E-state index in [9.17, 15) is 9.59 Å². The lowest BCUT2D eigenvalue weighted by atomic mass is 10.1. The topological polar surface area (TPSA) is 61.4 Å². The fourth-order valence-electron chi connectivity index (χ4n) is 3.00. The molecule has 2 amide bonds. The smallest absolute Gasteiger partial charge is 0.255 e. The Labute approximate surface area is 148 Å². The van der Waals surface area contributed by atoms with Gasteiger partial charge in [-0.25, -0.2) is 0 Å². The second-order valence-corrected chi connectivity index (χ2v) is 6.38. The fourth-order valence-corrected chi connectivity index (χ4v) is 3.00. The lowest BCUT2D eigenvalue weighted by Crippen LogP contribution is -2.57. The molecule has 25 heavy (non-hydrogen) atoms. The van der Waals surface area contributed by atoms with E-state index in [2.05, 4.69) is 24.5 Å². The number of amides is 2. The first-order chi connectivity index (χ1) is 12.1. The molecule has 0 aromatic heterocycles. The highest BCUT2D eigenvalue weighted by Crippen LogP contribution is 2.16. The minimum atomic E-state index is -0.163. The van der Waals surface area contributed by atoms with Crippen LogP contribution in [0.4, 0.5) is 5.69 Å². The van der Waals surface area contributed by atoms with Crippen molar-refractivity contribution in [3.63, 3.8) is 0 Å². The molecule has 2 N–H and O–H groups in total. The van der Waals surface area contributed by atoms with Crippen LogP contribution in [0.1, 0.15) is 34.6 Å². The normalized spacial score (nSPS) is 20.2. The molecule has 3 rings (SSSR count). The summed E-state index contributed by atoms with van der Waals surface area (Å²) in [7, 11) is 0. The highest BCUT2D eigenvalue weighted by Gasteiger charge is 2.28. The van der Waals surface area contributed by atoms with Gasteiger partial charge in [-0.05, 0) is 50.2 Å². The number of carbonyl (C=O) groups is 2. The summed E-state index contributed by atoms with van der Waals surface area (Å²) >= 11 is 0. The SMILES string of the molecule is CC1NCCN(C(=O)c2ccc(NC(=O)c3ccccc3)cc2)C1C. The van der Waals surface area contributed by atoms with Crippen LogP contribution in [0, 0.1) is 0 Å². The van der Waals surface area contributed by atoms with E-state index in [0.29, 0.717) is 23.4 Å². The standard InChI is InChI=1S/C20H23N3O2/c1-14-15(2)23(13-12-21-14)20(25)17-8-10-18(11-9-17)22-19(24)16-6-4-3-5-7-16/h3-11,14-15,21H,12-13H2,1-2H3,(H,22,24). The van der Waals surface area contributed by atoms with E-state index >= 15 is 0 Å². The Kier molecular flexibility index (Phi) is 5.14. The van der Waals surface area contributed by atoms with Gasteiger partial charge >= 0.3 is 0 Å². The summed E-state index contributed by atoms with van der Waals surface area (Å²) in [5.41, 5.74) is 1.91. The highest BCUT2D eigenvalue weighted by molar-refractivity contribution is 6.04. The van der Waals surface area contributed by atoms with Crippen molar-refractivity contribution in [1.29, 1.82) is 0 Å². The largest absolute Gasteiger partial charge is 0.333 e. The van der Waals surface area contributed by atoms with Crippen LogP contribution in [0.2, 0.25) is 0 Å². The van der Waals surface area contributed by atoms with E-state index < -0.39 is 0 Å². The number of nitrogens with one attached hydrogen (secondary N) is 2. The maximum Gasteiger partial charge on any atom is 0.255 e. The third-order valence-electron chi connectivity index (χ3n) is 4.72. The molecule has 0 spiro atoms. The van der Waals surface area contributed by atoms with Gasteiger partial charge in [-0.2, -0.15) is 0 Å². The highest BCUT2D eigenvalue weighted by atomic mass is 16.2. The van der Waals surface area contributed by atoms with Crippen LogP contribution in [0.3, 0.4) is 0 Å². The average Bonchev–Trinajstić information content (AvgIpc) is 2.65. The molecular weight excluding hydrogens is 314 g/mol. The van der Waals surface area contributed by atoms with Crippen molar-refractivity contribution in [3.05, 3.63) is 65.7 Å². The zero-order chi connectivity index (χ0) is 17.8. The summed E-state index contributed by atoms with van der Waals surface area (Å²) in [5.74, 6) is -0.133. The summed E-state index contributed by atoms with van der Waals surface area (Å²) in [6, 6.07) is 16.5. The quantitative estimate of drug-likeness (QED) is 0.905. The minimum absolute atomic E-state index is 0.0294. The first-order valence-corrected chi connectivity index (χ1v) is 8.57. The van der Waals surface area contributed by atoms with Gasteiger partial charge in [-0.3, -0.25) is 9.59 Å².